The number of aromatic nitrogens is 2. The summed E-state index contributed by atoms with van der Waals surface area (Å²) in [7, 11) is 1.60. The lowest BCUT2D eigenvalue weighted by Crippen LogP contribution is -2.29. The quantitative estimate of drug-likeness (QED) is 0.927. The van der Waals surface area contributed by atoms with Gasteiger partial charge in [0.2, 0.25) is 0 Å². The van der Waals surface area contributed by atoms with Crippen molar-refractivity contribution in [1.29, 1.82) is 0 Å². The third-order valence-electron chi connectivity index (χ3n) is 4.78. The maximum absolute atomic E-state index is 12.5. The van der Waals surface area contributed by atoms with Gasteiger partial charge in [-0.1, -0.05) is 24.3 Å². The second-order valence-electron chi connectivity index (χ2n) is 6.22. The van der Waals surface area contributed by atoms with Crippen molar-refractivity contribution >= 4 is 24.2 Å². The summed E-state index contributed by atoms with van der Waals surface area (Å²) in [6.45, 7) is 0. The van der Waals surface area contributed by atoms with Gasteiger partial charge in [-0.15, -0.1) is 0 Å². The Hall–Kier alpha value is -3.15. The lowest BCUT2D eigenvalue weighted by atomic mass is 10.0. The topological polar surface area (TPSA) is 81.4 Å². The number of fused-ring (bicyclic) bond motifs is 3. The van der Waals surface area contributed by atoms with E-state index in [2.05, 4.69) is 4.98 Å². The first kappa shape index (κ1) is 15.4. The molecule has 2 unspecified atom stereocenters. The first-order valence-corrected chi connectivity index (χ1v) is 7.92. The van der Waals surface area contributed by atoms with Crippen molar-refractivity contribution in [3.05, 3.63) is 63.8 Å². The molecular formula is C19H16N2O4. The molecule has 0 spiro atoms. The largest absolute Gasteiger partial charge is 0.496 e. The molecule has 1 aliphatic carbocycles. The predicted octanol–water partition coefficient (Wildman–Crippen LogP) is 2.46. The summed E-state index contributed by atoms with van der Waals surface area (Å²) in [5.74, 6) is 0.329. The van der Waals surface area contributed by atoms with E-state index in [0.29, 0.717) is 17.9 Å². The highest BCUT2D eigenvalue weighted by molar-refractivity contribution is 5.84. The summed E-state index contributed by atoms with van der Waals surface area (Å²) in [6.07, 6.45) is 7.29. The van der Waals surface area contributed by atoms with Crippen molar-refractivity contribution in [2.45, 2.75) is 12.5 Å². The van der Waals surface area contributed by atoms with Crippen molar-refractivity contribution in [2.24, 2.45) is 5.41 Å². The summed E-state index contributed by atoms with van der Waals surface area (Å²) >= 11 is 0. The van der Waals surface area contributed by atoms with Gasteiger partial charge in [0.25, 0.3) is 5.56 Å². The molecule has 6 nitrogen and oxygen atoms in total. The molecule has 2 heterocycles. The molecule has 25 heavy (non-hydrogen) atoms. The minimum atomic E-state index is -0.937. The first-order chi connectivity index (χ1) is 12.0. The van der Waals surface area contributed by atoms with Gasteiger partial charge in [0.1, 0.15) is 17.0 Å². The van der Waals surface area contributed by atoms with Crippen molar-refractivity contribution < 1.29 is 14.6 Å². The monoisotopic (exact) mass is 336 g/mol. The molecule has 1 aliphatic heterocycles. The summed E-state index contributed by atoms with van der Waals surface area (Å²) in [5, 5.41) is 9.36. The molecule has 4 rings (SSSR count). The van der Waals surface area contributed by atoms with E-state index in [1.807, 2.05) is 30.3 Å². The van der Waals surface area contributed by atoms with Crippen LogP contribution in [0.25, 0.3) is 18.2 Å². The second-order valence-corrected chi connectivity index (χ2v) is 6.22. The zero-order chi connectivity index (χ0) is 17.6. The van der Waals surface area contributed by atoms with Crippen LogP contribution in [0.3, 0.4) is 0 Å². The molecule has 1 fully saturated rings. The van der Waals surface area contributed by atoms with Gasteiger partial charge in [0, 0.05) is 11.6 Å². The molecular weight excluding hydrogens is 320 g/mol. The fourth-order valence-electron chi connectivity index (χ4n) is 3.31. The summed E-state index contributed by atoms with van der Waals surface area (Å²) in [6, 6.07) is 8.65. The smallest absolute Gasteiger partial charge is 0.315 e. The maximum Gasteiger partial charge on any atom is 0.315 e. The Kier molecular flexibility index (Phi) is 3.35. The molecule has 1 saturated carbocycles. The Balaban J connectivity index is 1.69. The summed E-state index contributed by atoms with van der Waals surface area (Å²) in [5.41, 5.74) is 0.234. The number of nitrogens with zero attached hydrogens (tertiary/aromatic N) is 2. The van der Waals surface area contributed by atoms with E-state index in [1.165, 1.54) is 10.6 Å². The van der Waals surface area contributed by atoms with E-state index < -0.39 is 11.4 Å². The molecule has 1 aromatic heterocycles. The SMILES string of the molecule is COc1ccccc1/C=C/c1cc(=O)n2c(n1)C=CC1(C(=O)O)CC21. The molecule has 0 amide bonds. The Bertz CT molecular complexity index is 989. The van der Waals surface area contributed by atoms with Crippen molar-refractivity contribution in [3.63, 3.8) is 0 Å². The molecule has 2 atom stereocenters. The molecule has 1 N–H and O–H groups in total. The molecule has 2 aromatic rings. The zero-order valence-corrected chi connectivity index (χ0v) is 13.5. The number of rotatable bonds is 4. The van der Waals surface area contributed by atoms with E-state index in [-0.39, 0.29) is 11.6 Å². The standard InChI is InChI=1S/C19H16N2O4/c1-25-14-5-3-2-4-12(14)6-7-13-10-17(22)21-15-11-19(15,18(23)24)9-8-16(21)20-13/h2-10,15H,11H2,1H3,(H,23,24)/b7-6+. The Labute approximate surface area is 143 Å². The number of hydrogen-bond acceptors (Lipinski definition) is 4. The second kappa shape index (κ2) is 5.44. The molecule has 6 heteroatoms. The number of aliphatic carboxylic acids is 1. The van der Waals surface area contributed by atoms with E-state index in [0.717, 1.165) is 11.3 Å². The highest BCUT2D eigenvalue weighted by Crippen LogP contribution is 2.59. The van der Waals surface area contributed by atoms with Crippen LogP contribution >= 0.6 is 0 Å². The highest BCUT2D eigenvalue weighted by Gasteiger charge is 2.62. The number of carboxylic acids is 1. The van der Waals surface area contributed by atoms with Crippen LogP contribution in [0.1, 0.15) is 29.5 Å². The number of carbonyl (C=O) groups is 1. The van der Waals surface area contributed by atoms with Gasteiger partial charge in [0.15, 0.2) is 0 Å². The number of hydrogen-bond donors (Lipinski definition) is 1. The van der Waals surface area contributed by atoms with Gasteiger partial charge in [-0.25, -0.2) is 4.98 Å². The van der Waals surface area contributed by atoms with Crippen LogP contribution in [-0.4, -0.2) is 27.7 Å². The number of ether oxygens (including phenoxy) is 1. The normalized spacial score (nSPS) is 23.2. The molecule has 126 valence electrons. The third-order valence-corrected chi connectivity index (χ3v) is 4.78. The Morgan fingerprint density at radius 3 is 2.96 bits per heavy atom. The van der Waals surface area contributed by atoms with Crippen LogP contribution in [-0.2, 0) is 4.79 Å². The van der Waals surface area contributed by atoms with Crippen molar-refractivity contribution in [1.82, 2.24) is 9.55 Å². The van der Waals surface area contributed by atoms with Crippen LogP contribution in [0.5, 0.6) is 5.75 Å². The van der Waals surface area contributed by atoms with Gasteiger partial charge in [0.05, 0.1) is 18.8 Å². The summed E-state index contributed by atoms with van der Waals surface area (Å²) < 4.78 is 6.78. The van der Waals surface area contributed by atoms with Gasteiger partial charge in [-0.2, -0.15) is 0 Å². The Morgan fingerprint density at radius 1 is 1.40 bits per heavy atom. The Morgan fingerprint density at radius 2 is 2.20 bits per heavy atom. The van der Waals surface area contributed by atoms with Crippen LogP contribution in [0, 0.1) is 5.41 Å². The van der Waals surface area contributed by atoms with Crippen LogP contribution in [0.2, 0.25) is 0 Å². The van der Waals surface area contributed by atoms with Gasteiger partial charge in [-0.05, 0) is 30.7 Å². The van der Waals surface area contributed by atoms with Crippen molar-refractivity contribution in [3.8, 4) is 5.75 Å². The molecule has 1 aromatic carbocycles. The highest BCUT2D eigenvalue weighted by atomic mass is 16.5. The third kappa shape index (κ3) is 2.38. The fourth-order valence-corrected chi connectivity index (χ4v) is 3.31. The van der Waals surface area contributed by atoms with Crippen LogP contribution in [0.4, 0.5) is 0 Å². The lowest BCUT2D eigenvalue weighted by Gasteiger charge is -2.17. The van der Waals surface area contributed by atoms with Gasteiger partial charge >= 0.3 is 5.97 Å². The fraction of sp³-hybridized carbons (Fsp3) is 0.211. The average Bonchev–Trinajstić information content (AvgIpc) is 3.36. The van der Waals surface area contributed by atoms with E-state index in [1.54, 1.807) is 25.3 Å². The minimum absolute atomic E-state index is 0.234. The molecule has 0 saturated heterocycles. The maximum atomic E-state index is 12.5. The van der Waals surface area contributed by atoms with E-state index >= 15 is 0 Å². The van der Waals surface area contributed by atoms with Crippen LogP contribution < -0.4 is 10.3 Å². The summed E-state index contributed by atoms with van der Waals surface area (Å²) in [4.78, 5) is 28.3. The number of benzene rings is 1. The lowest BCUT2D eigenvalue weighted by molar-refractivity contribution is -0.141. The minimum Gasteiger partial charge on any atom is -0.496 e. The molecule has 0 bridgehead atoms. The van der Waals surface area contributed by atoms with E-state index in [9.17, 15) is 14.7 Å². The van der Waals surface area contributed by atoms with Crippen LogP contribution in [0.15, 0.2) is 41.2 Å². The van der Waals surface area contributed by atoms with Crippen molar-refractivity contribution in [2.75, 3.05) is 7.11 Å². The zero-order valence-electron chi connectivity index (χ0n) is 13.5. The molecule has 2 aliphatic rings. The molecule has 0 radical (unpaired) electrons. The number of carboxylic acid groups (broad SMARTS) is 1. The van der Waals surface area contributed by atoms with Gasteiger partial charge < -0.3 is 9.84 Å². The number of methoxy groups -OCH3 is 1. The van der Waals surface area contributed by atoms with E-state index in [4.69, 9.17) is 4.74 Å². The first-order valence-electron chi connectivity index (χ1n) is 7.92. The number of para-hydroxylation sites is 1. The predicted molar refractivity (Wildman–Crippen MR) is 93.2 cm³/mol. The average molecular weight is 336 g/mol. The van der Waals surface area contributed by atoms with Gasteiger partial charge in [-0.3, -0.25) is 14.2 Å².